The van der Waals surface area contributed by atoms with Crippen LogP contribution in [0, 0.1) is 10.1 Å². The average molecular weight is 363 g/mol. The largest absolute Gasteiger partial charge is 0.402 e. The SMILES string of the molecule is O=C1OC(c2cccc([N+](=O)[O-])c2)=N/C1=C\c1ccc(Cl)cc1Cl. The third-order valence-electron chi connectivity index (χ3n) is 3.18. The number of non-ortho nitro benzene ring substituents is 1. The van der Waals surface area contributed by atoms with Crippen molar-refractivity contribution in [2.45, 2.75) is 0 Å². The van der Waals surface area contributed by atoms with Crippen molar-refractivity contribution in [3.05, 3.63) is 79.4 Å². The molecule has 1 aliphatic heterocycles. The molecular formula is C16H8Cl2N2O4. The van der Waals surface area contributed by atoms with Crippen molar-refractivity contribution in [3.63, 3.8) is 0 Å². The van der Waals surface area contributed by atoms with Crippen LogP contribution in [0.25, 0.3) is 6.08 Å². The van der Waals surface area contributed by atoms with Gasteiger partial charge in [-0.25, -0.2) is 9.79 Å². The normalized spacial score (nSPS) is 15.3. The van der Waals surface area contributed by atoms with Crippen molar-refractivity contribution in [2.24, 2.45) is 4.99 Å². The molecule has 3 rings (SSSR count). The third-order valence-corrected chi connectivity index (χ3v) is 3.74. The molecule has 0 bridgehead atoms. The Kier molecular flexibility index (Phi) is 4.33. The Morgan fingerprint density at radius 3 is 2.67 bits per heavy atom. The van der Waals surface area contributed by atoms with Crippen molar-refractivity contribution in [2.75, 3.05) is 0 Å². The standard InChI is InChI=1S/C16H8Cl2N2O4/c17-11-5-4-9(13(18)8-11)7-14-16(21)24-15(19-14)10-2-1-3-12(6-10)20(22)23/h1-8H/b14-7-. The van der Waals surface area contributed by atoms with Crippen LogP contribution in [-0.4, -0.2) is 16.8 Å². The van der Waals surface area contributed by atoms with E-state index >= 15 is 0 Å². The van der Waals surface area contributed by atoms with E-state index in [-0.39, 0.29) is 17.3 Å². The van der Waals surface area contributed by atoms with E-state index in [0.717, 1.165) is 0 Å². The Morgan fingerprint density at radius 1 is 1.17 bits per heavy atom. The maximum atomic E-state index is 12.0. The number of benzene rings is 2. The molecule has 0 fully saturated rings. The summed E-state index contributed by atoms with van der Waals surface area (Å²) in [5.74, 6) is -0.664. The molecule has 1 aliphatic rings. The Bertz CT molecular complexity index is 922. The molecule has 0 aromatic heterocycles. The third kappa shape index (κ3) is 3.29. The van der Waals surface area contributed by atoms with Crippen molar-refractivity contribution in [1.29, 1.82) is 0 Å². The summed E-state index contributed by atoms with van der Waals surface area (Å²) in [6.07, 6.45) is 1.46. The molecule has 0 aliphatic carbocycles. The lowest BCUT2D eigenvalue weighted by molar-refractivity contribution is -0.384. The molecule has 0 radical (unpaired) electrons. The number of rotatable bonds is 3. The lowest BCUT2D eigenvalue weighted by Crippen LogP contribution is -2.05. The van der Waals surface area contributed by atoms with Crippen LogP contribution in [0.2, 0.25) is 10.0 Å². The van der Waals surface area contributed by atoms with Crippen LogP contribution in [0.3, 0.4) is 0 Å². The number of nitrogens with zero attached hydrogens (tertiary/aromatic N) is 2. The molecule has 120 valence electrons. The van der Waals surface area contributed by atoms with Gasteiger partial charge < -0.3 is 4.74 Å². The number of esters is 1. The van der Waals surface area contributed by atoms with Crippen LogP contribution >= 0.6 is 23.2 Å². The highest BCUT2D eigenvalue weighted by atomic mass is 35.5. The first-order chi connectivity index (χ1) is 11.4. The number of hydrogen-bond donors (Lipinski definition) is 0. The van der Waals surface area contributed by atoms with E-state index in [4.69, 9.17) is 27.9 Å². The number of aliphatic imine (C=N–C) groups is 1. The quantitative estimate of drug-likeness (QED) is 0.353. The zero-order chi connectivity index (χ0) is 17.3. The van der Waals surface area contributed by atoms with Crippen molar-refractivity contribution in [3.8, 4) is 0 Å². The average Bonchev–Trinajstić information content (AvgIpc) is 2.91. The molecule has 0 N–H and O–H groups in total. The topological polar surface area (TPSA) is 81.8 Å². The predicted octanol–water partition coefficient (Wildman–Crippen LogP) is 4.25. The summed E-state index contributed by atoms with van der Waals surface area (Å²) in [6, 6.07) is 10.5. The molecule has 0 saturated carbocycles. The van der Waals surface area contributed by atoms with Gasteiger partial charge in [0.1, 0.15) is 0 Å². The number of ether oxygens (including phenoxy) is 1. The number of hydrogen-bond acceptors (Lipinski definition) is 5. The minimum absolute atomic E-state index is 0.0000333. The van der Waals surface area contributed by atoms with E-state index in [0.29, 0.717) is 21.2 Å². The van der Waals surface area contributed by atoms with E-state index < -0.39 is 10.9 Å². The van der Waals surface area contributed by atoms with Gasteiger partial charge in [-0.05, 0) is 29.8 Å². The van der Waals surface area contributed by atoms with Gasteiger partial charge in [0.25, 0.3) is 5.69 Å². The summed E-state index contributed by atoms with van der Waals surface area (Å²) in [5.41, 5.74) is 0.811. The molecule has 8 heteroatoms. The summed E-state index contributed by atoms with van der Waals surface area (Å²) in [4.78, 5) is 26.3. The Labute approximate surface area is 146 Å². The highest BCUT2D eigenvalue weighted by Gasteiger charge is 2.25. The fraction of sp³-hybridized carbons (Fsp3) is 0. The number of halogens is 2. The van der Waals surface area contributed by atoms with Crippen LogP contribution in [0.5, 0.6) is 0 Å². The van der Waals surface area contributed by atoms with E-state index in [1.54, 1.807) is 24.3 Å². The summed E-state index contributed by atoms with van der Waals surface area (Å²) in [7, 11) is 0. The van der Waals surface area contributed by atoms with Gasteiger partial charge in [0, 0.05) is 27.7 Å². The molecule has 2 aromatic carbocycles. The minimum atomic E-state index is -0.664. The van der Waals surface area contributed by atoms with E-state index in [1.807, 2.05) is 0 Å². The molecule has 24 heavy (non-hydrogen) atoms. The first-order valence-corrected chi connectivity index (χ1v) is 7.42. The second-order valence-electron chi connectivity index (χ2n) is 4.81. The van der Waals surface area contributed by atoms with Gasteiger partial charge in [-0.15, -0.1) is 0 Å². The Morgan fingerprint density at radius 2 is 1.96 bits per heavy atom. The lowest BCUT2D eigenvalue weighted by Gasteiger charge is -1.99. The maximum absolute atomic E-state index is 12.0. The molecule has 0 saturated heterocycles. The smallest absolute Gasteiger partial charge is 0.363 e. The predicted molar refractivity (Wildman–Crippen MR) is 90.2 cm³/mol. The van der Waals surface area contributed by atoms with Gasteiger partial charge in [0.15, 0.2) is 5.70 Å². The van der Waals surface area contributed by atoms with Crippen LogP contribution in [0.4, 0.5) is 5.69 Å². The molecule has 2 aromatic rings. The number of nitro groups is 1. The van der Waals surface area contributed by atoms with Gasteiger partial charge >= 0.3 is 5.97 Å². The summed E-state index contributed by atoms with van der Waals surface area (Å²) < 4.78 is 5.08. The van der Waals surface area contributed by atoms with Crippen LogP contribution in [0.1, 0.15) is 11.1 Å². The fourth-order valence-electron chi connectivity index (χ4n) is 2.05. The minimum Gasteiger partial charge on any atom is -0.402 e. The first-order valence-electron chi connectivity index (χ1n) is 6.66. The lowest BCUT2D eigenvalue weighted by atomic mass is 10.2. The van der Waals surface area contributed by atoms with Crippen LogP contribution in [-0.2, 0) is 9.53 Å². The van der Waals surface area contributed by atoms with Gasteiger partial charge in [-0.3, -0.25) is 10.1 Å². The van der Waals surface area contributed by atoms with Crippen molar-refractivity contribution < 1.29 is 14.5 Å². The van der Waals surface area contributed by atoms with E-state index in [1.165, 1.54) is 24.3 Å². The molecule has 6 nitrogen and oxygen atoms in total. The number of cyclic esters (lactones) is 1. The molecule has 0 atom stereocenters. The summed E-state index contributed by atoms with van der Waals surface area (Å²) >= 11 is 11.9. The van der Waals surface area contributed by atoms with Crippen LogP contribution < -0.4 is 0 Å². The maximum Gasteiger partial charge on any atom is 0.363 e. The monoisotopic (exact) mass is 362 g/mol. The van der Waals surface area contributed by atoms with Gasteiger partial charge in [0.2, 0.25) is 5.90 Å². The van der Waals surface area contributed by atoms with Crippen molar-refractivity contribution in [1.82, 2.24) is 0 Å². The molecule has 0 spiro atoms. The molecule has 0 unspecified atom stereocenters. The molecule has 1 heterocycles. The molecular weight excluding hydrogens is 355 g/mol. The highest BCUT2D eigenvalue weighted by Crippen LogP contribution is 2.26. The number of nitro benzene ring substituents is 1. The van der Waals surface area contributed by atoms with Crippen molar-refractivity contribution >= 4 is 46.8 Å². The van der Waals surface area contributed by atoms with Gasteiger partial charge in [-0.2, -0.15) is 0 Å². The zero-order valence-electron chi connectivity index (χ0n) is 11.9. The first kappa shape index (κ1) is 16.2. The summed E-state index contributed by atoms with van der Waals surface area (Å²) in [6.45, 7) is 0. The second-order valence-corrected chi connectivity index (χ2v) is 5.65. The highest BCUT2D eigenvalue weighted by molar-refractivity contribution is 6.35. The van der Waals surface area contributed by atoms with Crippen LogP contribution in [0.15, 0.2) is 53.2 Å². The number of carbonyl (C=O) groups is 1. The molecule has 0 amide bonds. The van der Waals surface area contributed by atoms with E-state index in [2.05, 4.69) is 4.99 Å². The zero-order valence-corrected chi connectivity index (χ0v) is 13.4. The Balaban J connectivity index is 1.97. The van der Waals surface area contributed by atoms with E-state index in [9.17, 15) is 14.9 Å². The van der Waals surface area contributed by atoms with Gasteiger partial charge in [-0.1, -0.05) is 35.3 Å². The second kappa shape index (κ2) is 6.43. The summed E-state index contributed by atoms with van der Waals surface area (Å²) in [5, 5.41) is 11.7. The Hall–Kier alpha value is -2.70. The fourth-order valence-corrected chi connectivity index (χ4v) is 2.51. The van der Waals surface area contributed by atoms with Gasteiger partial charge in [0.05, 0.1) is 4.92 Å². The number of carbonyl (C=O) groups excluding carboxylic acids is 1.